The zero-order valence-electron chi connectivity index (χ0n) is 9.20. The Kier molecular flexibility index (Phi) is 5.15. The summed E-state index contributed by atoms with van der Waals surface area (Å²) in [7, 11) is 1.41. The van der Waals surface area contributed by atoms with Crippen LogP contribution in [0.4, 0.5) is 5.69 Å². The van der Waals surface area contributed by atoms with Gasteiger partial charge in [0, 0.05) is 20.8 Å². The summed E-state index contributed by atoms with van der Waals surface area (Å²) in [6, 6.07) is 5.63. The van der Waals surface area contributed by atoms with Crippen LogP contribution in [-0.4, -0.2) is 18.8 Å². The van der Waals surface area contributed by atoms with Gasteiger partial charge in [-0.05, 0) is 34.1 Å². The van der Waals surface area contributed by atoms with Gasteiger partial charge >= 0.3 is 5.97 Å². The summed E-state index contributed by atoms with van der Waals surface area (Å²) in [6.07, 6.45) is 0. The summed E-state index contributed by atoms with van der Waals surface area (Å²) in [5.41, 5.74) is 6.36. The molecule has 0 heterocycles. The molecule has 0 aliphatic heterocycles. The number of rotatable bonds is 4. The van der Waals surface area contributed by atoms with Gasteiger partial charge in [0.15, 0.2) is 0 Å². The van der Waals surface area contributed by atoms with Crippen molar-refractivity contribution >= 4 is 39.3 Å². The molecular weight excluding hydrogens is 290 g/mol. The summed E-state index contributed by atoms with van der Waals surface area (Å²) >= 11 is 5.04. The molecule has 0 aliphatic rings. The standard InChI is InChI=1S/C11H14BrNO2S/c1-7(11(14)15-2)6-16-10-4-3-8(13)5-9(10)12/h3-5,7H,6,13H2,1-2H3. The number of carbonyl (C=O) groups excluding carboxylic acids is 1. The molecule has 5 heteroatoms. The number of ether oxygens (including phenoxy) is 1. The van der Waals surface area contributed by atoms with E-state index in [4.69, 9.17) is 5.73 Å². The van der Waals surface area contributed by atoms with Gasteiger partial charge in [-0.2, -0.15) is 0 Å². The highest BCUT2D eigenvalue weighted by atomic mass is 79.9. The molecule has 0 radical (unpaired) electrons. The fraction of sp³-hybridized carbons (Fsp3) is 0.364. The van der Waals surface area contributed by atoms with Gasteiger partial charge in [-0.3, -0.25) is 4.79 Å². The van der Waals surface area contributed by atoms with Gasteiger partial charge in [-0.1, -0.05) is 6.92 Å². The number of carbonyl (C=O) groups is 1. The highest BCUT2D eigenvalue weighted by molar-refractivity contribution is 9.10. The number of thioether (sulfide) groups is 1. The van der Waals surface area contributed by atoms with E-state index in [1.807, 2.05) is 25.1 Å². The lowest BCUT2D eigenvalue weighted by molar-refractivity contribution is -0.143. The highest BCUT2D eigenvalue weighted by Crippen LogP contribution is 2.30. The van der Waals surface area contributed by atoms with Crippen LogP contribution in [0.3, 0.4) is 0 Å². The van der Waals surface area contributed by atoms with Crippen LogP contribution in [-0.2, 0) is 9.53 Å². The average Bonchev–Trinajstić information content (AvgIpc) is 2.26. The van der Waals surface area contributed by atoms with Crippen molar-refractivity contribution in [2.75, 3.05) is 18.6 Å². The van der Waals surface area contributed by atoms with Gasteiger partial charge in [0.05, 0.1) is 13.0 Å². The number of halogens is 1. The van der Waals surface area contributed by atoms with Crippen LogP contribution in [0.1, 0.15) is 6.92 Å². The van der Waals surface area contributed by atoms with Gasteiger partial charge in [-0.25, -0.2) is 0 Å². The van der Waals surface area contributed by atoms with Crippen molar-refractivity contribution in [3.63, 3.8) is 0 Å². The van der Waals surface area contributed by atoms with Gasteiger partial charge in [0.2, 0.25) is 0 Å². The van der Waals surface area contributed by atoms with Crippen molar-refractivity contribution in [1.29, 1.82) is 0 Å². The molecule has 1 rings (SSSR count). The molecule has 0 bridgehead atoms. The van der Waals surface area contributed by atoms with E-state index >= 15 is 0 Å². The van der Waals surface area contributed by atoms with E-state index in [9.17, 15) is 4.79 Å². The van der Waals surface area contributed by atoms with Crippen LogP contribution >= 0.6 is 27.7 Å². The maximum Gasteiger partial charge on any atom is 0.309 e. The largest absolute Gasteiger partial charge is 0.469 e. The van der Waals surface area contributed by atoms with Crippen molar-refractivity contribution in [1.82, 2.24) is 0 Å². The smallest absolute Gasteiger partial charge is 0.309 e. The Morgan fingerprint density at radius 1 is 1.62 bits per heavy atom. The van der Waals surface area contributed by atoms with Gasteiger partial charge in [-0.15, -0.1) is 11.8 Å². The minimum Gasteiger partial charge on any atom is -0.469 e. The Hall–Kier alpha value is -0.680. The number of methoxy groups -OCH3 is 1. The molecule has 1 atom stereocenters. The second kappa shape index (κ2) is 6.15. The lowest BCUT2D eigenvalue weighted by Crippen LogP contribution is -2.14. The van der Waals surface area contributed by atoms with Gasteiger partial charge in [0.25, 0.3) is 0 Å². The summed E-state index contributed by atoms with van der Waals surface area (Å²) in [4.78, 5) is 12.3. The molecule has 3 nitrogen and oxygen atoms in total. The van der Waals surface area contributed by atoms with E-state index in [2.05, 4.69) is 20.7 Å². The predicted octanol–water partition coefficient (Wildman–Crippen LogP) is 2.93. The second-order valence-electron chi connectivity index (χ2n) is 3.43. The summed E-state index contributed by atoms with van der Waals surface area (Å²) in [5, 5.41) is 0. The molecule has 1 aromatic rings. The number of nitrogens with two attached hydrogens (primary N) is 1. The van der Waals surface area contributed by atoms with Gasteiger partial charge < -0.3 is 10.5 Å². The highest BCUT2D eigenvalue weighted by Gasteiger charge is 2.13. The minimum atomic E-state index is -0.181. The Labute approximate surface area is 108 Å². The Bertz CT molecular complexity index is 384. The molecular formula is C11H14BrNO2S. The number of hydrogen-bond donors (Lipinski definition) is 1. The first kappa shape index (κ1) is 13.4. The van der Waals surface area contributed by atoms with E-state index in [0.717, 1.165) is 15.1 Å². The summed E-state index contributed by atoms with van der Waals surface area (Å²) < 4.78 is 5.62. The monoisotopic (exact) mass is 303 g/mol. The molecule has 2 N–H and O–H groups in total. The summed E-state index contributed by atoms with van der Waals surface area (Å²) in [5.74, 6) is 0.397. The molecule has 0 aromatic heterocycles. The number of anilines is 1. The van der Waals surface area contributed by atoms with Crippen LogP contribution in [0, 0.1) is 5.92 Å². The van der Waals surface area contributed by atoms with E-state index in [0.29, 0.717) is 5.75 Å². The molecule has 0 spiro atoms. The number of benzene rings is 1. The van der Waals surface area contributed by atoms with Crippen LogP contribution in [0.25, 0.3) is 0 Å². The molecule has 0 saturated heterocycles. The van der Waals surface area contributed by atoms with Crippen LogP contribution in [0.15, 0.2) is 27.6 Å². The third kappa shape index (κ3) is 3.72. The second-order valence-corrected chi connectivity index (χ2v) is 5.34. The normalized spacial score (nSPS) is 12.2. The molecule has 1 unspecified atom stereocenters. The molecule has 1 aromatic carbocycles. The predicted molar refractivity (Wildman–Crippen MR) is 70.5 cm³/mol. The molecule has 0 saturated carbocycles. The lowest BCUT2D eigenvalue weighted by atomic mass is 10.2. The quantitative estimate of drug-likeness (QED) is 0.528. The first-order chi connectivity index (χ1) is 7.54. The SMILES string of the molecule is COC(=O)C(C)CSc1ccc(N)cc1Br. The first-order valence-electron chi connectivity index (χ1n) is 4.80. The van der Waals surface area contributed by atoms with Crippen molar-refractivity contribution in [2.24, 2.45) is 5.92 Å². The van der Waals surface area contributed by atoms with E-state index in [1.165, 1.54) is 7.11 Å². The van der Waals surface area contributed by atoms with Crippen molar-refractivity contribution in [3.05, 3.63) is 22.7 Å². The van der Waals surface area contributed by atoms with Crippen LogP contribution in [0.5, 0.6) is 0 Å². The van der Waals surface area contributed by atoms with E-state index in [1.54, 1.807) is 11.8 Å². The van der Waals surface area contributed by atoms with Crippen LogP contribution < -0.4 is 5.73 Å². The Morgan fingerprint density at radius 3 is 2.88 bits per heavy atom. The van der Waals surface area contributed by atoms with E-state index in [-0.39, 0.29) is 11.9 Å². The molecule has 88 valence electrons. The number of esters is 1. The fourth-order valence-corrected chi connectivity index (χ4v) is 2.78. The topological polar surface area (TPSA) is 52.3 Å². The Balaban J connectivity index is 2.58. The average molecular weight is 304 g/mol. The van der Waals surface area contributed by atoms with Gasteiger partial charge in [0.1, 0.15) is 0 Å². The molecule has 16 heavy (non-hydrogen) atoms. The molecule has 0 fully saturated rings. The molecule has 0 aliphatic carbocycles. The van der Waals surface area contributed by atoms with Crippen LogP contribution in [0.2, 0.25) is 0 Å². The van der Waals surface area contributed by atoms with Crippen molar-refractivity contribution in [2.45, 2.75) is 11.8 Å². The lowest BCUT2D eigenvalue weighted by Gasteiger charge is -2.09. The van der Waals surface area contributed by atoms with Crippen molar-refractivity contribution < 1.29 is 9.53 Å². The Morgan fingerprint density at radius 2 is 2.31 bits per heavy atom. The maximum atomic E-state index is 11.2. The first-order valence-corrected chi connectivity index (χ1v) is 6.58. The number of nitrogen functional groups attached to an aromatic ring is 1. The van der Waals surface area contributed by atoms with E-state index < -0.39 is 0 Å². The molecule has 0 amide bonds. The van der Waals surface area contributed by atoms with Crippen molar-refractivity contribution in [3.8, 4) is 0 Å². The third-order valence-corrected chi connectivity index (χ3v) is 4.30. The summed E-state index contributed by atoms with van der Waals surface area (Å²) in [6.45, 7) is 1.85. The maximum absolute atomic E-state index is 11.2. The minimum absolute atomic E-state index is 0.112. The number of hydrogen-bond acceptors (Lipinski definition) is 4. The third-order valence-electron chi connectivity index (χ3n) is 2.05. The fourth-order valence-electron chi connectivity index (χ4n) is 1.12. The zero-order valence-corrected chi connectivity index (χ0v) is 11.6. The zero-order chi connectivity index (χ0) is 12.1.